The van der Waals surface area contributed by atoms with Crippen molar-refractivity contribution in [1.29, 1.82) is 0 Å². The van der Waals surface area contributed by atoms with E-state index in [0.29, 0.717) is 24.1 Å². The normalized spacial score (nSPS) is 18.8. The second-order valence-corrected chi connectivity index (χ2v) is 5.79. The predicted octanol–water partition coefficient (Wildman–Crippen LogP) is 4.36. The molecule has 0 atom stereocenters. The number of hydrogen-bond donors (Lipinski definition) is 0. The lowest BCUT2D eigenvalue weighted by atomic mass is 9.96. The summed E-state index contributed by atoms with van der Waals surface area (Å²) in [6, 6.07) is 4.57. The first-order valence-electron chi connectivity index (χ1n) is 6.08. The molecule has 1 heterocycles. The Bertz CT molecular complexity index is 419. The number of nitrogens with zero attached hydrogens (tertiary/aromatic N) is 1. The molecule has 0 N–H and O–H groups in total. The summed E-state index contributed by atoms with van der Waals surface area (Å²) >= 11 is 3.21. The number of hydrogen-bond acceptors (Lipinski definition) is 1. The Morgan fingerprint density at radius 3 is 2.32 bits per heavy atom. The minimum Gasteiger partial charge on any atom is -0.299 e. The maximum atomic E-state index is 13.2. The molecule has 1 aliphatic rings. The van der Waals surface area contributed by atoms with E-state index in [1.54, 1.807) is 6.07 Å². The Kier molecular flexibility index (Phi) is 4.50. The molecule has 0 bridgehead atoms. The monoisotopic (exact) mass is 339 g/mol. The summed E-state index contributed by atoms with van der Waals surface area (Å²) in [6.07, 6.45) is -3.84. The van der Waals surface area contributed by atoms with Crippen LogP contribution in [0.15, 0.2) is 22.7 Å². The van der Waals surface area contributed by atoms with Gasteiger partial charge in [0, 0.05) is 11.0 Å². The Morgan fingerprint density at radius 2 is 1.79 bits per heavy atom. The molecule has 2 rings (SSSR count). The van der Waals surface area contributed by atoms with Gasteiger partial charge in [-0.1, -0.05) is 15.9 Å². The van der Waals surface area contributed by atoms with Crippen LogP contribution in [0, 0.1) is 11.7 Å². The first kappa shape index (κ1) is 14.8. The molecule has 1 aromatic carbocycles. The van der Waals surface area contributed by atoms with Crippen molar-refractivity contribution >= 4 is 15.9 Å². The minimum absolute atomic E-state index is 0.125. The van der Waals surface area contributed by atoms with Crippen LogP contribution in [0.25, 0.3) is 0 Å². The highest BCUT2D eigenvalue weighted by atomic mass is 79.9. The topological polar surface area (TPSA) is 3.24 Å². The fraction of sp³-hybridized carbons (Fsp3) is 0.538. The lowest BCUT2D eigenvalue weighted by molar-refractivity contribution is -0.185. The fourth-order valence-electron chi connectivity index (χ4n) is 2.38. The number of piperidine rings is 1. The van der Waals surface area contributed by atoms with E-state index in [1.165, 1.54) is 12.1 Å². The van der Waals surface area contributed by atoms with Crippen LogP contribution in [0.4, 0.5) is 17.6 Å². The van der Waals surface area contributed by atoms with Crippen LogP contribution in [-0.2, 0) is 6.54 Å². The van der Waals surface area contributed by atoms with Crippen molar-refractivity contribution < 1.29 is 17.6 Å². The molecule has 1 nitrogen and oxygen atoms in total. The summed E-state index contributed by atoms with van der Waals surface area (Å²) in [5.41, 5.74) is 0.775. The summed E-state index contributed by atoms with van der Waals surface area (Å²) in [5, 5.41) is 0. The van der Waals surface area contributed by atoms with Crippen molar-refractivity contribution in [3.8, 4) is 0 Å². The zero-order valence-corrected chi connectivity index (χ0v) is 11.8. The van der Waals surface area contributed by atoms with Gasteiger partial charge in [0.2, 0.25) is 0 Å². The van der Waals surface area contributed by atoms with Crippen LogP contribution in [0.3, 0.4) is 0 Å². The number of alkyl halides is 3. The molecule has 0 unspecified atom stereocenters. The van der Waals surface area contributed by atoms with Crippen LogP contribution < -0.4 is 0 Å². The fourth-order valence-corrected chi connectivity index (χ4v) is 2.89. The van der Waals surface area contributed by atoms with Gasteiger partial charge in [-0.25, -0.2) is 4.39 Å². The third kappa shape index (κ3) is 4.18. The Hall–Kier alpha value is -0.620. The van der Waals surface area contributed by atoms with Crippen molar-refractivity contribution in [3.63, 3.8) is 0 Å². The lowest BCUT2D eigenvalue weighted by Gasteiger charge is -2.32. The molecular formula is C13H14BrF4N. The minimum atomic E-state index is -4.09. The average molecular weight is 340 g/mol. The third-order valence-corrected chi connectivity index (χ3v) is 3.84. The van der Waals surface area contributed by atoms with E-state index >= 15 is 0 Å². The molecule has 19 heavy (non-hydrogen) atoms. The van der Waals surface area contributed by atoms with Gasteiger partial charge in [-0.3, -0.25) is 4.90 Å². The third-order valence-electron chi connectivity index (χ3n) is 3.38. The molecule has 0 spiro atoms. The standard InChI is InChI=1S/C13H14BrF4N/c14-11-5-9(6-12(15)7-11)8-19-3-1-10(2-4-19)13(16,17)18/h5-7,10H,1-4,8H2. The number of rotatable bonds is 2. The van der Waals surface area contributed by atoms with E-state index in [0.717, 1.165) is 5.56 Å². The van der Waals surface area contributed by atoms with Crippen LogP contribution in [0.2, 0.25) is 0 Å². The van der Waals surface area contributed by atoms with Crippen LogP contribution >= 0.6 is 15.9 Å². The maximum Gasteiger partial charge on any atom is 0.391 e. The van der Waals surface area contributed by atoms with Gasteiger partial charge >= 0.3 is 6.18 Å². The van der Waals surface area contributed by atoms with E-state index < -0.39 is 12.1 Å². The molecule has 0 aromatic heterocycles. The molecule has 0 saturated carbocycles. The molecule has 0 amide bonds. The summed E-state index contributed by atoms with van der Waals surface area (Å²) < 4.78 is 51.4. The highest BCUT2D eigenvalue weighted by Crippen LogP contribution is 2.34. The van der Waals surface area contributed by atoms with Crippen molar-refractivity contribution in [2.24, 2.45) is 5.92 Å². The van der Waals surface area contributed by atoms with E-state index in [1.807, 2.05) is 4.90 Å². The van der Waals surface area contributed by atoms with Crippen molar-refractivity contribution in [2.75, 3.05) is 13.1 Å². The van der Waals surface area contributed by atoms with Gasteiger partial charge < -0.3 is 0 Å². The molecule has 0 radical (unpaired) electrons. The molecule has 1 aromatic rings. The predicted molar refractivity (Wildman–Crippen MR) is 68.2 cm³/mol. The van der Waals surface area contributed by atoms with E-state index in [4.69, 9.17) is 0 Å². The summed E-state index contributed by atoms with van der Waals surface area (Å²) in [6.45, 7) is 1.29. The van der Waals surface area contributed by atoms with Gasteiger partial charge in [-0.15, -0.1) is 0 Å². The molecule has 0 aliphatic carbocycles. The van der Waals surface area contributed by atoms with Crippen molar-refractivity contribution in [2.45, 2.75) is 25.6 Å². The Labute approximate surface area is 117 Å². The van der Waals surface area contributed by atoms with E-state index in [9.17, 15) is 17.6 Å². The second kappa shape index (κ2) is 5.79. The first-order chi connectivity index (χ1) is 8.84. The van der Waals surface area contributed by atoms with Crippen molar-refractivity contribution in [1.82, 2.24) is 4.90 Å². The summed E-state index contributed by atoms with van der Waals surface area (Å²) in [4.78, 5) is 1.93. The maximum absolute atomic E-state index is 13.2. The lowest BCUT2D eigenvalue weighted by Crippen LogP contribution is -2.38. The van der Waals surface area contributed by atoms with Gasteiger partial charge in [0.15, 0.2) is 0 Å². The number of likely N-dealkylation sites (tertiary alicyclic amines) is 1. The van der Waals surface area contributed by atoms with Crippen LogP contribution in [0.5, 0.6) is 0 Å². The quantitative estimate of drug-likeness (QED) is 0.723. The number of halogens is 5. The zero-order valence-electron chi connectivity index (χ0n) is 10.2. The SMILES string of the molecule is Fc1cc(Br)cc(CN2CCC(C(F)(F)F)CC2)c1. The largest absolute Gasteiger partial charge is 0.391 e. The van der Waals surface area contributed by atoms with Gasteiger partial charge in [0.05, 0.1) is 5.92 Å². The van der Waals surface area contributed by atoms with Gasteiger partial charge in [0.25, 0.3) is 0 Å². The molecule has 106 valence electrons. The van der Waals surface area contributed by atoms with Gasteiger partial charge in [-0.05, 0) is 49.7 Å². The average Bonchev–Trinajstić information content (AvgIpc) is 2.26. The second-order valence-electron chi connectivity index (χ2n) is 4.87. The highest BCUT2D eigenvalue weighted by molar-refractivity contribution is 9.10. The molecule has 1 fully saturated rings. The van der Waals surface area contributed by atoms with Gasteiger partial charge in [-0.2, -0.15) is 13.2 Å². The summed E-state index contributed by atoms with van der Waals surface area (Å²) in [5.74, 6) is -1.53. The van der Waals surface area contributed by atoms with Crippen LogP contribution in [0.1, 0.15) is 18.4 Å². The van der Waals surface area contributed by atoms with Crippen molar-refractivity contribution in [3.05, 3.63) is 34.1 Å². The Balaban J connectivity index is 1.92. The first-order valence-corrected chi connectivity index (χ1v) is 6.88. The molecule has 1 saturated heterocycles. The van der Waals surface area contributed by atoms with E-state index in [-0.39, 0.29) is 18.7 Å². The van der Waals surface area contributed by atoms with E-state index in [2.05, 4.69) is 15.9 Å². The smallest absolute Gasteiger partial charge is 0.299 e. The van der Waals surface area contributed by atoms with Crippen LogP contribution in [-0.4, -0.2) is 24.2 Å². The Morgan fingerprint density at radius 1 is 1.16 bits per heavy atom. The number of benzene rings is 1. The molecule has 6 heteroatoms. The molecular weight excluding hydrogens is 326 g/mol. The summed E-state index contributed by atoms with van der Waals surface area (Å²) in [7, 11) is 0. The molecule has 1 aliphatic heterocycles. The highest BCUT2D eigenvalue weighted by Gasteiger charge is 2.40. The van der Waals surface area contributed by atoms with Gasteiger partial charge in [0.1, 0.15) is 5.82 Å². The zero-order chi connectivity index (χ0) is 14.0.